The molecular weight excluding hydrogens is 342 g/mol. The largest absolute Gasteiger partial charge is 0.504 e. The van der Waals surface area contributed by atoms with Crippen LogP contribution in [0.2, 0.25) is 0 Å². The van der Waals surface area contributed by atoms with Gasteiger partial charge in [-0.2, -0.15) is 0 Å². The van der Waals surface area contributed by atoms with E-state index in [0.29, 0.717) is 18.6 Å². The van der Waals surface area contributed by atoms with E-state index < -0.39 is 16.6 Å². The molecule has 3 aliphatic carbocycles. The van der Waals surface area contributed by atoms with Crippen molar-refractivity contribution in [3.05, 3.63) is 23.3 Å². The zero-order chi connectivity index (χ0) is 18.8. The summed E-state index contributed by atoms with van der Waals surface area (Å²) in [6.45, 7) is 3.93. The number of piperidine rings is 1. The van der Waals surface area contributed by atoms with Crippen LogP contribution in [0.1, 0.15) is 50.2 Å². The van der Waals surface area contributed by atoms with Crippen molar-refractivity contribution in [1.82, 2.24) is 0 Å². The van der Waals surface area contributed by atoms with E-state index in [9.17, 15) is 15.0 Å². The summed E-state index contributed by atoms with van der Waals surface area (Å²) in [6.07, 6.45) is 4.98. The number of carbonyl (C=O) groups is 1. The lowest BCUT2D eigenvalue weighted by Gasteiger charge is -2.66. The number of hydrogen-bond donors (Lipinski definition) is 2. The molecule has 2 aliphatic heterocycles. The lowest BCUT2D eigenvalue weighted by atomic mass is 9.44. The smallest absolute Gasteiger partial charge is 0.177 e. The molecule has 3 fully saturated rings. The number of likely N-dealkylation sites (N-methyl/N-ethyl adjacent to an activating group) is 1. The molecule has 5 atom stereocenters. The van der Waals surface area contributed by atoms with Gasteiger partial charge in [0.25, 0.3) is 0 Å². The van der Waals surface area contributed by atoms with E-state index in [1.54, 1.807) is 6.07 Å². The molecule has 2 saturated carbocycles. The Morgan fingerprint density at radius 3 is 2.81 bits per heavy atom. The molecule has 6 rings (SSSR count). The van der Waals surface area contributed by atoms with Gasteiger partial charge in [0, 0.05) is 30.7 Å². The van der Waals surface area contributed by atoms with E-state index in [2.05, 4.69) is 7.05 Å². The highest BCUT2D eigenvalue weighted by molar-refractivity contribution is 5.93. The topological polar surface area (TPSA) is 66.8 Å². The van der Waals surface area contributed by atoms with Crippen LogP contribution >= 0.6 is 0 Å². The van der Waals surface area contributed by atoms with Gasteiger partial charge in [0.05, 0.1) is 25.6 Å². The summed E-state index contributed by atoms with van der Waals surface area (Å²) in [5.74, 6) is 1.38. The molecule has 0 radical (unpaired) electrons. The molecule has 1 spiro atoms. The van der Waals surface area contributed by atoms with Gasteiger partial charge in [0.1, 0.15) is 11.6 Å². The summed E-state index contributed by atoms with van der Waals surface area (Å²) < 4.78 is 7.16. The Morgan fingerprint density at radius 1 is 1.30 bits per heavy atom. The van der Waals surface area contributed by atoms with Crippen LogP contribution in [0.15, 0.2) is 12.1 Å². The number of aliphatic hydroxyl groups is 1. The number of rotatable bonds is 2. The number of benzene rings is 1. The quantitative estimate of drug-likeness (QED) is 0.782. The number of ketones is 1. The number of phenols is 1. The van der Waals surface area contributed by atoms with Crippen LogP contribution in [0.5, 0.6) is 11.5 Å². The Kier molecular flexibility index (Phi) is 2.74. The second-order valence-electron chi connectivity index (χ2n) is 10.1. The van der Waals surface area contributed by atoms with Crippen LogP contribution in [-0.4, -0.2) is 57.9 Å². The Labute approximate surface area is 159 Å². The number of quaternary nitrogens is 1. The molecule has 1 saturated heterocycles. The van der Waals surface area contributed by atoms with Gasteiger partial charge in [-0.3, -0.25) is 4.79 Å². The van der Waals surface area contributed by atoms with Gasteiger partial charge in [-0.05, 0) is 37.8 Å². The third-order valence-corrected chi connectivity index (χ3v) is 8.86. The van der Waals surface area contributed by atoms with Crippen LogP contribution in [0.25, 0.3) is 0 Å². The lowest BCUT2D eigenvalue weighted by Crippen LogP contribution is -2.83. The van der Waals surface area contributed by atoms with Crippen LogP contribution in [0.3, 0.4) is 0 Å². The zero-order valence-corrected chi connectivity index (χ0v) is 16.1. The van der Waals surface area contributed by atoms with Crippen molar-refractivity contribution in [2.24, 2.45) is 5.92 Å². The monoisotopic (exact) mass is 370 g/mol. The number of hydrogen-bond acceptors (Lipinski definition) is 4. The normalized spacial score (nSPS) is 46.8. The molecule has 2 heterocycles. The van der Waals surface area contributed by atoms with Gasteiger partial charge in [-0.15, -0.1) is 0 Å². The molecule has 2 bridgehead atoms. The number of ether oxygens (including phenoxy) is 1. The summed E-state index contributed by atoms with van der Waals surface area (Å²) in [5, 5.41) is 22.8. The first-order valence-corrected chi connectivity index (χ1v) is 10.4. The molecule has 0 aromatic heterocycles. The second kappa shape index (κ2) is 4.52. The van der Waals surface area contributed by atoms with Crippen molar-refractivity contribution in [3.63, 3.8) is 0 Å². The lowest BCUT2D eigenvalue weighted by molar-refractivity contribution is -0.950. The van der Waals surface area contributed by atoms with E-state index in [4.69, 9.17) is 4.74 Å². The fraction of sp³-hybridized carbons (Fsp3) is 0.682. The van der Waals surface area contributed by atoms with Crippen LogP contribution < -0.4 is 4.74 Å². The van der Waals surface area contributed by atoms with Gasteiger partial charge >= 0.3 is 0 Å². The Balaban J connectivity index is 1.64. The van der Waals surface area contributed by atoms with Gasteiger partial charge < -0.3 is 19.4 Å². The van der Waals surface area contributed by atoms with Crippen molar-refractivity contribution in [2.75, 3.05) is 20.1 Å². The minimum atomic E-state index is -1.08. The third-order valence-electron chi connectivity index (χ3n) is 8.86. The molecule has 5 heteroatoms. The number of carbonyl (C=O) groups excluding carboxylic acids is 1. The molecule has 0 unspecified atom stereocenters. The number of phenolic OH excluding ortho intramolecular Hbond substituents is 1. The van der Waals surface area contributed by atoms with Crippen LogP contribution in [0.4, 0.5) is 0 Å². The van der Waals surface area contributed by atoms with Crippen molar-refractivity contribution >= 4 is 5.78 Å². The van der Waals surface area contributed by atoms with Crippen LogP contribution in [-0.2, 0) is 16.6 Å². The zero-order valence-electron chi connectivity index (χ0n) is 16.1. The third kappa shape index (κ3) is 1.60. The number of likely N-dealkylation sites (tertiary alicyclic amines) is 1. The van der Waals surface area contributed by atoms with Gasteiger partial charge in [0.15, 0.2) is 22.9 Å². The van der Waals surface area contributed by atoms with Crippen molar-refractivity contribution in [3.8, 4) is 11.5 Å². The average molecular weight is 370 g/mol. The Bertz CT molecular complexity index is 895. The van der Waals surface area contributed by atoms with Crippen molar-refractivity contribution < 1.29 is 24.2 Å². The highest BCUT2D eigenvalue weighted by atomic mass is 16.5. The molecule has 1 aromatic carbocycles. The standard InChI is InChI=1S/C22H27NO4/c1-20-17(25)7-8-22(26)16-11-14-5-6-15(24)19(27-20)18(14)21(20,22)9-10-23(16,2)12-13-3-4-13/h5-6,13,16,26H,3-4,7-12H2,1-2H3/p+1/t16-,20+,21+,22-,23-/m1/s1. The van der Waals surface area contributed by atoms with Crippen molar-refractivity contribution in [2.45, 2.75) is 68.1 Å². The van der Waals surface area contributed by atoms with E-state index in [0.717, 1.165) is 47.5 Å². The number of nitrogens with zero attached hydrogens (tertiary/aromatic N) is 1. The average Bonchev–Trinajstić information content (AvgIpc) is 3.37. The van der Waals surface area contributed by atoms with E-state index in [1.807, 2.05) is 13.0 Å². The molecule has 1 aromatic rings. The summed E-state index contributed by atoms with van der Waals surface area (Å²) in [5.41, 5.74) is -0.711. The summed E-state index contributed by atoms with van der Waals surface area (Å²) >= 11 is 0. The second-order valence-corrected chi connectivity index (χ2v) is 10.1. The minimum Gasteiger partial charge on any atom is -0.504 e. The maximum absolute atomic E-state index is 13.1. The molecule has 2 N–H and O–H groups in total. The van der Waals surface area contributed by atoms with Gasteiger partial charge in [-0.1, -0.05) is 6.07 Å². The summed E-state index contributed by atoms with van der Waals surface area (Å²) in [4.78, 5) is 13.1. The predicted molar refractivity (Wildman–Crippen MR) is 98.8 cm³/mol. The van der Waals surface area contributed by atoms with Crippen LogP contribution in [0, 0.1) is 5.92 Å². The highest BCUT2D eigenvalue weighted by Gasteiger charge is 2.80. The molecule has 144 valence electrons. The maximum Gasteiger partial charge on any atom is 0.177 e. The van der Waals surface area contributed by atoms with Gasteiger partial charge in [-0.25, -0.2) is 0 Å². The summed E-state index contributed by atoms with van der Waals surface area (Å²) in [7, 11) is 2.31. The first kappa shape index (κ1) is 16.4. The number of aromatic hydroxyl groups is 1. The fourth-order valence-electron chi connectivity index (χ4n) is 7.40. The Morgan fingerprint density at radius 2 is 2.07 bits per heavy atom. The first-order valence-electron chi connectivity index (χ1n) is 10.4. The predicted octanol–water partition coefficient (Wildman–Crippen LogP) is 2.06. The van der Waals surface area contributed by atoms with E-state index >= 15 is 0 Å². The molecule has 0 amide bonds. The highest BCUT2D eigenvalue weighted by Crippen LogP contribution is 2.69. The fourth-order valence-corrected chi connectivity index (χ4v) is 7.40. The Hall–Kier alpha value is -1.59. The number of Topliss-reactive ketones (excluding diaryl/α,β-unsaturated/α-hetero) is 1. The molecule has 27 heavy (non-hydrogen) atoms. The minimum absolute atomic E-state index is 0.0627. The van der Waals surface area contributed by atoms with E-state index in [-0.39, 0.29) is 17.6 Å². The molecule has 5 nitrogen and oxygen atoms in total. The maximum atomic E-state index is 13.1. The SMILES string of the molecule is C[C@@]12Oc3c(O)ccc4c3[C@@]13CC[N@+](C)(CC1CC1)[C@H](C4)[C@]3(O)CCC2=O. The van der Waals surface area contributed by atoms with Crippen molar-refractivity contribution in [1.29, 1.82) is 0 Å². The molecule has 5 aliphatic rings. The summed E-state index contributed by atoms with van der Waals surface area (Å²) in [6, 6.07) is 3.76. The first-order chi connectivity index (χ1) is 12.8. The van der Waals surface area contributed by atoms with Gasteiger partial charge in [0.2, 0.25) is 0 Å². The molecular formula is C22H28NO4+. The van der Waals surface area contributed by atoms with E-state index in [1.165, 1.54) is 12.8 Å².